The van der Waals surface area contributed by atoms with Crippen molar-refractivity contribution in [2.45, 2.75) is 20.8 Å². The zero-order valence-corrected chi connectivity index (χ0v) is 11.3. The van der Waals surface area contributed by atoms with Gasteiger partial charge < -0.3 is 10.2 Å². The van der Waals surface area contributed by atoms with Gasteiger partial charge >= 0.3 is 0 Å². The van der Waals surface area contributed by atoms with Crippen LogP contribution in [0.1, 0.15) is 16.7 Å². The molecule has 1 aromatic heterocycles. The normalized spacial score (nSPS) is 11.1. The smallest absolute Gasteiger partial charge is 0.227 e. The van der Waals surface area contributed by atoms with Gasteiger partial charge in [0.25, 0.3) is 0 Å². The predicted octanol–water partition coefficient (Wildman–Crippen LogP) is 4.00. The number of hydrogen-bond donors (Lipinski definition) is 1. The third-order valence-electron chi connectivity index (χ3n) is 3.31. The van der Waals surface area contributed by atoms with E-state index in [2.05, 4.69) is 18.0 Å². The van der Waals surface area contributed by atoms with Crippen molar-refractivity contribution in [3.05, 3.63) is 47.0 Å². The summed E-state index contributed by atoms with van der Waals surface area (Å²) in [5, 5.41) is 0. The van der Waals surface area contributed by atoms with Crippen molar-refractivity contribution in [2.75, 3.05) is 5.73 Å². The highest BCUT2D eigenvalue weighted by molar-refractivity contribution is 5.80. The fourth-order valence-corrected chi connectivity index (χ4v) is 2.36. The minimum absolute atomic E-state index is 0.633. The van der Waals surface area contributed by atoms with Crippen molar-refractivity contribution in [3.8, 4) is 11.5 Å². The van der Waals surface area contributed by atoms with Crippen LogP contribution >= 0.6 is 0 Å². The van der Waals surface area contributed by atoms with Crippen molar-refractivity contribution in [2.24, 2.45) is 0 Å². The number of hydrogen-bond acceptors (Lipinski definition) is 3. The Morgan fingerprint density at radius 2 is 1.79 bits per heavy atom. The first kappa shape index (κ1) is 11.8. The average molecular weight is 252 g/mol. The molecule has 0 saturated heterocycles. The van der Waals surface area contributed by atoms with Gasteiger partial charge in [0.1, 0.15) is 5.52 Å². The van der Waals surface area contributed by atoms with E-state index in [9.17, 15) is 0 Å². The number of nitrogens with two attached hydrogens (primary N) is 1. The van der Waals surface area contributed by atoms with Gasteiger partial charge in [0.05, 0.1) is 0 Å². The van der Waals surface area contributed by atoms with Gasteiger partial charge in [-0.25, -0.2) is 4.98 Å². The number of aromatic nitrogens is 1. The number of nitrogen functional groups attached to an aromatic ring is 1. The molecule has 0 aliphatic carbocycles. The quantitative estimate of drug-likeness (QED) is 0.666. The first-order chi connectivity index (χ1) is 9.04. The van der Waals surface area contributed by atoms with Crippen LogP contribution in [0.4, 0.5) is 5.69 Å². The summed E-state index contributed by atoms with van der Waals surface area (Å²) in [6, 6.07) is 9.91. The highest BCUT2D eigenvalue weighted by Gasteiger charge is 2.12. The topological polar surface area (TPSA) is 52.0 Å². The molecule has 0 aliphatic heterocycles. The molecule has 0 aliphatic rings. The van der Waals surface area contributed by atoms with Crippen molar-refractivity contribution in [3.63, 3.8) is 0 Å². The van der Waals surface area contributed by atoms with E-state index in [1.165, 1.54) is 5.56 Å². The lowest BCUT2D eigenvalue weighted by Crippen LogP contribution is -1.88. The van der Waals surface area contributed by atoms with Crippen molar-refractivity contribution >= 4 is 16.8 Å². The summed E-state index contributed by atoms with van der Waals surface area (Å²) >= 11 is 0. The van der Waals surface area contributed by atoms with Crippen LogP contribution in [0, 0.1) is 20.8 Å². The van der Waals surface area contributed by atoms with E-state index in [1.54, 1.807) is 0 Å². The Kier molecular flexibility index (Phi) is 2.56. The van der Waals surface area contributed by atoms with Gasteiger partial charge in [-0.15, -0.1) is 0 Å². The molecule has 0 atom stereocenters. The SMILES string of the molecule is Cc1cc(C)c2oc(-c3cc(N)ccc3C)nc2c1. The van der Waals surface area contributed by atoms with E-state index in [-0.39, 0.29) is 0 Å². The van der Waals surface area contributed by atoms with Crippen LogP contribution in [0.5, 0.6) is 0 Å². The fourth-order valence-electron chi connectivity index (χ4n) is 2.36. The zero-order chi connectivity index (χ0) is 13.6. The number of oxazole rings is 1. The summed E-state index contributed by atoms with van der Waals surface area (Å²) in [5.41, 5.74) is 12.7. The van der Waals surface area contributed by atoms with Crippen LogP contribution < -0.4 is 5.73 Å². The summed E-state index contributed by atoms with van der Waals surface area (Å²) in [4.78, 5) is 4.58. The third-order valence-corrected chi connectivity index (χ3v) is 3.31. The largest absolute Gasteiger partial charge is 0.436 e. The van der Waals surface area contributed by atoms with E-state index >= 15 is 0 Å². The second-order valence-corrected chi connectivity index (χ2v) is 5.02. The number of rotatable bonds is 1. The maximum atomic E-state index is 5.91. The molecule has 0 radical (unpaired) electrons. The Balaban J connectivity index is 2.26. The molecule has 3 aromatic rings. The van der Waals surface area contributed by atoms with E-state index in [1.807, 2.05) is 38.1 Å². The molecule has 96 valence electrons. The summed E-state index contributed by atoms with van der Waals surface area (Å²) in [6.45, 7) is 6.13. The maximum Gasteiger partial charge on any atom is 0.227 e. The minimum Gasteiger partial charge on any atom is -0.436 e. The number of anilines is 1. The second kappa shape index (κ2) is 4.12. The lowest BCUT2D eigenvalue weighted by atomic mass is 10.1. The molecule has 0 spiro atoms. The van der Waals surface area contributed by atoms with Gasteiger partial charge in [-0.3, -0.25) is 0 Å². The van der Waals surface area contributed by atoms with E-state index in [4.69, 9.17) is 10.2 Å². The molecule has 2 aromatic carbocycles. The first-order valence-electron chi connectivity index (χ1n) is 6.29. The molecule has 0 fully saturated rings. The standard InChI is InChI=1S/C16H16N2O/c1-9-6-11(3)15-14(7-9)18-16(19-15)13-8-12(17)5-4-10(13)2/h4-8H,17H2,1-3H3. The summed E-state index contributed by atoms with van der Waals surface area (Å²) in [7, 11) is 0. The van der Waals surface area contributed by atoms with Crippen LogP contribution in [-0.2, 0) is 0 Å². The Morgan fingerprint density at radius 1 is 1.00 bits per heavy atom. The molecule has 2 N–H and O–H groups in total. The minimum atomic E-state index is 0.633. The number of fused-ring (bicyclic) bond motifs is 1. The molecule has 0 bridgehead atoms. The maximum absolute atomic E-state index is 5.91. The Bertz CT molecular complexity index is 772. The molecule has 3 heteroatoms. The van der Waals surface area contributed by atoms with Gasteiger partial charge in [-0.1, -0.05) is 12.1 Å². The Hall–Kier alpha value is -2.29. The molecule has 3 rings (SSSR count). The van der Waals surface area contributed by atoms with E-state index in [0.717, 1.165) is 33.5 Å². The van der Waals surface area contributed by atoms with Gasteiger partial charge in [-0.05, 0) is 55.7 Å². The zero-order valence-electron chi connectivity index (χ0n) is 11.3. The molecule has 19 heavy (non-hydrogen) atoms. The predicted molar refractivity (Wildman–Crippen MR) is 78.1 cm³/mol. The molecule has 1 heterocycles. The Morgan fingerprint density at radius 3 is 2.58 bits per heavy atom. The third kappa shape index (κ3) is 1.97. The summed E-state index contributed by atoms with van der Waals surface area (Å²) in [6.07, 6.45) is 0. The highest BCUT2D eigenvalue weighted by atomic mass is 16.3. The molecular weight excluding hydrogens is 236 g/mol. The van der Waals surface area contributed by atoms with Gasteiger partial charge in [0.2, 0.25) is 5.89 Å². The van der Waals surface area contributed by atoms with Crippen molar-refractivity contribution < 1.29 is 4.42 Å². The van der Waals surface area contributed by atoms with E-state index in [0.29, 0.717) is 5.89 Å². The highest BCUT2D eigenvalue weighted by Crippen LogP contribution is 2.30. The average Bonchev–Trinajstić information content (AvgIpc) is 2.76. The van der Waals surface area contributed by atoms with E-state index < -0.39 is 0 Å². The lowest BCUT2D eigenvalue weighted by Gasteiger charge is -2.02. The van der Waals surface area contributed by atoms with Crippen LogP contribution in [0.3, 0.4) is 0 Å². The first-order valence-corrected chi connectivity index (χ1v) is 6.29. The Labute approximate surface area is 112 Å². The van der Waals surface area contributed by atoms with Crippen LogP contribution in [-0.4, -0.2) is 4.98 Å². The van der Waals surface area contributed by atoms with Gasteiger partial charge in [0.15, 0.2) is 5.58 Å². The molecule has 0 saturated carbocycles. The summed E-state index contributed by atoms with van der Waals surface area (Å²) < 4.78 is 5.91. The number of benzene rings is 2. The van der Waals surface area contributed by atoms with Gasteiger partial charge in [-0.2, -0.15) is 0 Å². The fraction of sp³-hybridized carbons (Fsp3) is 0.188. The molecule has 0 amide bonds. The monoisotopic (exact) mass is 252 g/mol. The molecular formula is C16H16N2O. The van der Waals surface area contributed by atoms with Crippen molar-refractivity contribution in [1.82, 2.24) is 4.98 Å². The summed E-state index contributed by atoms with van der Waals surface area (Å²) in [5.74, 6) is 0.633. The second-order valence-electron chi connectivity index (χ2n) is 5.02. The van der Waals surface area contributed by atoms with Crippen LogP contribution in [0.25, 0.3) is 22.6 Å². The van der Waals surface area contributed by atoms with Crippen LogP contribution in [0.15, 0.2) is 34.7 Å². The molecule has 3 nitrogen and oxygen atoms in total. The lowest BCUT2D eigenvalue weighted by molar-refractivity contribution is 0.617. The number of nitrogens with zero attached hydrogens (tertiary/aromatic N) is 1. The number of aryl methyl sites for hydroxylation is 3. The molecule has 0 unspecified atom stereocenters. The van der Waals surface area contributed by atoms with Crippen LogP contribution in [0.2, 0.25) is 0 Å². The van der Waals surface area contributed by atoms with Gasteiger partial charge in [0, 0.05) is 11.3 Å². The van der Waals surface area contributed by atoms with Crippen molar-refractivity contribution in [1.29, 1.82) is 0 Å².